The van der Waals surface area contributed by atoms with Gasteiger partial charge in [-0.25, -0.2) is 4.99 Å². The normalized spacial score (nSPS) is 17.3. The SMILES string of the molecule is CCNC(=NCc1ccc(OC)cc1C(F)(F)F)NCC(C)N1CCOCC1. The Bertz CT molecular complexity index is 647. The quantitative estimate of drug-likeness (QED) is 0.542. The van der Waals surface area contributed by atoms with E-state index in [1.165, 1.54) is 19.2 Å². The number of nitrogens with one attached hydrogen (secondary N) is 2. The van der Waals surface area contributed by atoms with Crippen molar-refractivity contribution in [1.82, 2.24) is 15.5 Å². The summed E-state index contributed by atoms with van der Waals surface area (Å²) in [7, 11) is 1.34. The molecule has 0 spiro atoms. The lowest BCUT2D eigenvalue weighted by atomic mass is 10.1. The maximum atomic E-state index is 13.3. The third kappa shape index (κ3) is 6.56. The van der Waals surface area contributed by atoms with Crippen LogP contribution in [0.5, 0.6) is 5.75 Å². The number of morpholine rings is 1. The van der Waals surface area contributed by atoms with Crippen molar-refractivity contribution < 1.29 is 22.6 Å². The predicted octanol–water partition coefficient (Wildman–Crippen LogP) is 2.49. The zero-order valence-corrected chi connectivity index (χ0v) is 16.6. The first-order valence-electron chi connectivity index (χ1n) is 9.43. The molecule has 0 aromatic heterocycles. The van der Waals surface area contributed by atoms with Crippen molar-refractivity contribution in [3.63, 3.8) is 0 Å². The summed E-state index contributed by atoms with van der Waals surface area (Å²) in [5.74, 6) is 0.663. The Morgan fingerprint density at radius 3 is 2.61 bits per heavy atom. The second kappa shape index (κ2) is 10.5. The largest absolute Gasteiger partial charge is 0.497 e. The van der Waals surface area contributed by atoms with Gasteiger partial charge in [-0.05, 0) is 31.5 Å². The van der Waals surface area contributed by atoms with Crippen LogP contribution in [0, 0.1) is 0 Å². The molecule has 0 aliphatic carbocycles. The molecule has 1 heterocycles. The van der Waals surface area contributed by atoms with E-state index in [0.717, 1.165) is 32.4 Å². The summed E-state index contributed by atoms with van der Waals surface area (Å²) < 4.78 is 50.3. The van der Waals surface area contributed by atoms with Gasteiger partial charge in [0.2, 0.25) is 0 Å². The predicted molar refractivity (Wildman–Crippen MR) is 103 cm³/mol. The molecule has 158 valence electrons. The zero-order chi connectivity index (χ0) is 20.6. The lowest BCUT2D eigenvalue weighted by Crippen LogP contribution is -2.49. The van der Waals surface area contributed by atoms with Crippen molar-refractivity contribution >= 4 is 5.96 Å². The highest BCUT2D eigenvalue weighted by molar-refractivity contribution is 5.79. The molecule has 6 nitrogen and oxygen atoms in total. The number of guanidine groups is 1. The van der Waals surface area contributed by atoms with E-state index in [1.807, 2.05) is 6.92 Å². The van der Waals surface area contributed by atoms with Gasteiger partial charge < -0.3 is 20.1 Å². The van der Waals surface area contributed by atoms with Gasteiger partial charge >= 0.3 is 6.18 Å². The van der Waals surface area contributed by atoms with Gasteiger partial charge in [-0.2, -0.15) is 13.2 Å². The van der Waals surface area contributed by atoms with Gasteiger partial charge in [0.05, 0.1) is 32.4 Å². The minimum absolute atomic E-state index is 0.0832. The Hall–Kier alpha value is -2.00. The molecule has 0 radical (unpaired) electrons. The summed E-state index contributed by atoms with van der Waals surface area (Å²) in [6.07, 6.45) is -4.46. The molecule has 1 aliphatic heterocycles. The molecule has 0 bridgehead atoms. The number of aliphatic imine (C=N–C) groups is 1. The maximum Gasteiger partial charge on any atom is 0.416 e. The van der Waals surface area contributed by atoms with Crippen molar-refractivity contribution in [1.29, 1.82) is 0 Å². The highest BCUT2D eigenvalue weighted by Gasteiger charge is 2.33. The molecule has 1 saturated heterocycles. The molecule has 2 N–H and O–H groups in total. The van der Waals surface area contributed by atoms with Crippen molar-refractivity contribution in [2.45, 2.75) is 32.6 Å². The second-order valence-corrected chi connectivity index (χ2v) is 6.59. The molecule has 0 saturated carbocycles. The highest BCUT2D eigenvalue weighted by atomic mass is 19.4. The number of methoxy groups -OCH3 is 1. The molecule has 1 unspecified atom stereocenters. The van der Waals surface area contributed by atoms with Crippen LogP contribution in [0.3, 0.4) is 0 Å². The summed E-state index contributed by atoms with van der Waals surface area (Å²) in [6.45, 7) is 8.37. The van der Waals surface area contributed by atoms with Crippen LogP contribution >= 0.6 is 0 Å². The van der Waals surface area contributed by atoms with Crippen LogP contribution < -0.4 is 15.4 Å². The van der Waals surface area contributed by atoms with Crippen LogP contribution in [0.15, 0.2) is 23.2 Å². The third-order valence-electron chi connectivity index (χ3n) is 4.61. The van der Waals surface area contributed by atoms with Gasteiger partial charge in [0.1, 0.15) is 5.75 Å². The van der Waals surface area contributed by atoms with E-state index in [-0.39, 0.29) is 23.9 Å². The maximum absolute atomic E-state index is 13.3. The molecule has 1 aromatic carbocycles. The Labute approximate surface area is 164 Å². The fourth-order valence-electron chi connectivity index (χ4n) is 2.98. The van der Waals surface area contributed by atoms with Gasteiger partial charge in [-0.15, -0.1) is 0 Å². The van der Waals surface area contributed by atoms with E-state index in [0.29, 0.717) is 19.0 Å². The van der Waals surface area contributed by atoms with Crippen molar-refractivity contribution in [2.75, 3.05) is 46.5 Å². The number of rotatable bonds is 7. The summed E-state index contributed by atoms with van der Waals surface area (Å²) >= 11 is 0. The van der Waals surface area contributed by atoms with E-state index in [4.69, 9.17) is 9.47 Å². The average molecular weight is 402 g/mol. The molecule has 0 amide bonds. The Morgan fingerprint density at radius 2 is 2.00 bits per heavy atom. The summed E-state index contributed by atoms with van der Waals surface area (Å²) in [5, 5.41) is 6.30. The van der Waals surface area contributed by atoms with Gasteiger partial charge in [-0.3, -0.25) is 4.90 Å². The number of benzene rings is 1. The first kappa shape index (κ1) is 22.3. The average Bonchev–Trinajstić information content (AvgIpc) is 2.69. The first-order valence-corrected chi connectivity index (χ1v) is 9.43. The number of hydrogen-bond donors (Lipinski definition) is 2. The molecule has 2 rings (SSSR count). The van der Waals surface area contributed by atoms with Gasteiger partial charge in [-0.1, -0.05) is 6.07 Å². The molecule has 1 aliphatic rings. The van der Waals surface area contributed by atoms with E-state index in [9.17, 15) is 13.2 Å². The Balaban J connectivity index is 2.05. The standard InChI is InChI=1S/C19H29F3N4O2/c1-4-23-18(24-12-14(2)26-7-9-28-10-8-26)25-13-15-5-6-16(27-3)11-17(15)19(20,21)22/h5-6,11,14H,4,7-10,12-13H2,1-3H3,(H2,23,24,25). The molecule has 1 aromatic rings. The van der Waals surface area contributed by atoms with E-state index >= 15 is 0 Å². The molecule has 1 fully saturated rings. The fourth-order valence-corrected chi connectivity index (χ4v) is 2.98. The number of ether oxygens (including phenoxy) is 2. The summed E-state index contributed by atoms with van der Waals surface area (Å²) in [4.78, 5) is 6.65. The van der Waals surface area contributed by atoms with E-state index in [1.54, 1.807) is 0 Å². The van der Waals surface area contributed by atoms with E-state index < -0.39 is 11.7 Å². The Kier molecular flexibility index (Phi) is 8.37. The van der Waals surface area contributed by atoms with Crippen LogP contribution in [-0.4, -0.2) is 63.4 Å². The molecule has 9 heteroatoms. The number of alkyl halides is 3. The Morgan fingerprint density at radius 1 is 1.29 bits per heavy atom. The topological polar surface area (TPSA) is 58.1 Å². The van der Waals surface area contributed by atoms with Crippen molar-refractivity contribution in [3.8, 4) is 5.75 Å². The monoisotopic (exact) mass is 402 g/mol. The lowest BCUT2D eigenvalue weighted by molar-refractivity contribution is -0.138. The molecule has 28 heavy (non-hydrogen) atoms. The van der Waals surface area contributed by atoms with E-state index in [2.05, 4.69) is 27.4 Å². The number of nitrogens with zero attached hydrogens (tertiary/aromatic N) is 2. The van der Waals surface area contributed by atoms with Crippen LogP contribution in [0.25, 0.3) is 0 Å². The highest BCUT2D eigenvalue weighted by Crippen LogP contribution is 2.34. The lowest BCUT2D eigenvalue weighted by Gasteiger charge is -2.32. The summed E-state index contributed by atoms with van der Waals surface area (Å²) in [6, 6.07) is 4.19. The molecule has 1 atom stereocenters. The first-order chi connectivity index (χ1) is 13.3. The van der Waals surface area contributed by atoms with Crippen molar-refractivity contribution in [2.24, 2.45) is 4.99 Å². The van der Waals surface area contributed by atoms with Crippen LogP contribution in [0.1, 0.15) is 25.0 Å². The van der Waals surface area contributed by atoms with Gasteiger partial charge in [0.15, 0.2) is 5.96 Å². The van der Waals surface area contributed by atoms with Gasteiger partial charge in [0.25, 0.3) is 0 Å². The smallest absolute Gasteiger partial charge is 0.416 e. The second-order valence-electron chi connectivity index (χ2n) is 6.59. The van der Waals surface area contributed by atoms with Crippen LogP contribution in [-0.2, 0) is 17.5 Å². The number of hydrogen-bond acceptors (Lipinski definition) is 4. The molecular weight excluding hydrogens is 373 g/mol. The summed E-state index contributed by atoms with van der Waals surface area (Å²) in [5.41, 5.74) is -0.625. The van der Waals surface area contributed by atoms with Crippen molar-refractivity contribution in [3.05, 3.63) is 29.3 Å². The zero-order valence-electron chi connectivity index (χ0n) is 16.6. The number of halogens is 3. The third-order valence-corrected chi connectivity index (χ3v) is 4.61. The minimum atomic E-state index is -4.46. The molecular formula is C19H29F3N4O2. The van der Waals surface area contributed by atoms with Crippen LogP contribution in [0.2, 0.25) is 0 Å². The fraction of sp³-hybridized carbons (Fsp3) is 0.632. The minimum Gasteiger partial charge on any atom is -0.497 e. The van der Waals surface area contributed by atoms with Crippen LogP contribution in [0.4, 0.5) is 13.2 Å². The van der Waals surface area contributed by atoms with Gasteiger partial charge in [0, 0.05) is 32.2 Å².